The van der Waals surface area contributed by atoms with E-state index in [1.807, 2.05) is 12.1 Å². The molecule has 5 nitrogen and oxygen atoms in total. The zero-order valence-electron chi connectivity index (χ0n) is 14.5. The molecule has 5 heteroatoms. The molecular weight excluding hydrogens is 314 g/mol. The summed E-state index contributed by atoms with van der Waals surface area (Å²) in [6.45, 7) is 6.62. The first-order chi connectivity index (χ1) is 12.4. The summed E-state index contributed by atoms with van der Waals surface area (Å²) in [5.41, 5.74) is 2.75. The van der Waals surface area contributed by atoms with E-state index in [0.29, 0.717) is 0 Å². The van der Waals surface area contributed by atoms with Crippen molar-refractivity contribution in [2.45, 2.75) is 19.1 Å². The third-order valence-corrected chi connectivity index (χ3v) is 4.92. The van der Waals surface area contributed by atoms with Gasteiger partial charge in [0.05, 0.1) is 13.2 Å². The van der Waals surface area contributed by atoms with Crippen molar-refractivity contribution >= 4 is 5.69 Å². The van der Waals surface area contributed by atoms with Crippen molar-refractivity contribution in [1.82, 2.24) is 9.88 Å². The quantitative estimate of drug-likeness (QED) is 0.837. The predicted octanol–water partition coefficient (Wildman–Crippen LogP) is 2.57. The Balaban J connectivity index is 1.38. The van der Waals surface area contributed by atoms with Gasteiger partial charge in [0.1, 0.15) is 11.9 Å². The highest BCUT2D eigenvalue weighted by molar-refractivity contribution is 5.54. The SMILES string of the molecule is c1ccc(N2CCOCC2)c(CN2CCC(Oc3ccncc3)C2)c1. The number of anilines is 1. The van der Waals surface area contributed by atoms with Crippen molar-refractivity contribution in [3.63, 3.8) is 0 Å². The second-order valence-electron chi connectivity index (χ2n) is 6.67. The van der Waals surface area contributed by atoms with Gasteiger partial charge in [-0.3, -0.25) is 9.88 Å². The van der Waals surface area contributed by atoms with Crippen LogP contribution < -0.4 is 9.64 Å². The molecule has 0 N–H and O–H groups in total. The number of morpholine rings is 1. The molecule has 0 saturated carbocycles. The molecule has 0 aliphatic carbocycles. The van der Waals surface area contributed by atoms with Crippen LogP contribution in [0.5, 0.6) is 5.75 Å². The summed E-state index contributed by atoms with van der Waals surface area (Å²) >= 11 is 0. The molecule has 2 aliphatic heterocycles. The Kier molecular flexibility index (Phi) is 5.14. The van der Waals surface area contributed by atoms with Crippen LogP contribution in [0.4, 0.5) is 5.69 Å². The maximum Gasteiger partial charge on any atom is 0.122 e. The molecule has 4 rings (SSSR count). The largest absolute Gasteiger partial charge is 0.489 e. The number of rotatable bonds is 5. The summed E-state index contributed by atoms with van der Waals surface area (Å²) in [4.78, 5) is 8.98. The van der Waals surface area contributed by atoms with Gasteiger partial charge < -0.3 is 14.4 Å². The summed E-state index contributed by atoms with van der Waals surface area (Å²) in [7, 11) is 0. The third-order valence-electron chi connectivity index (χ3n) is 4.92. The van der Waals surface area contributed by atoms with Gasteiger partial charge in [-0.05, 0) is 30.2 Å². The van der Waals surface area contributed by atoms with Crippen LogP contribution in [0, 0.1) is 0 Å². The molecule has 2 aliphatic rings. The molecule has 1 aromatic carbocycles. The summed E-state index contributed by atoms with van der Waals surface area (Å²) in [5, 5.41) is 0. The molecule has 0 amide bonds. The van der Waals surface area contributed by atoms with Crippen molar-refractivity contribution in [2.75, 3.05) is 44.3 Å². The number of ether oxygens (including phenoxy) is 2. The van der Waals surface area contributed by atoms with Crippen LogP contribution in [-0.2, 0) is 11.3 Å². The minimum Gasteiger partial charge on any atom is -0.489 e. The first kappa shape index (κ1) is 16.4. The van der Waals surface area contributed by atoms with Gasteiger partial charge in [-0.1, -0.05) is 18.2 Å². The van der Waals surface area contributed by atoms with E-state index in [-0.39, 0.29) is 6.10 Å². The van der Waals surface area contributed by atoms with Gasteiger partial charge in [0.15, 0.2) is 0 Å². The number of benzene rings is 1. The highest BCUT2D eigenvalue weighted by Crippen LogP contribution is 2.25. The average molecular weight is 339 g/mol. The van der Waals surface area contributed by atoms with Gasteiger partial charge in [0.25, 0.3) is 0 Å². The number of hydrogen-bond acceptors (Lipinski definition) is 5. The minimum absolute atomic E-state index is 0.262. The molecule has 132 valence electrons. The number of nitrogens with zero attached hydrogens (tertiary/aromatic N) is 3. The van der Waals surface area contributed by atoms with E-state index < -0.39 is 0 Å². The van der Waals surface area contributed by atoms with E-state index in [1.165, 1.54) is 11.3 Å². The lowest BCUT2D eigenvalue weighted by molar-refractivity contribution is 0.122. The smallest absolute Gasteiger partial charge is 0.122 e. The molecule has 0 radical (unpaired) electrons. The molecule has 2 fully saturated rings. The van der Waals surface area contributed by atoms with Crippen molar-refractivity contribution in [1.29, 1.82) is 0 Å². The van der Waals surface area contributed by atoms with E-state index in [2.05, 4.69) is 39.0 Å². The summed E-state index contributed by atoms with van der Waals surface area (Å²) in [5.74, 6) is 0.913. The zero-order valence-corrected chi connectivity index (χ0v) is 14.5. The lowest BCUT2D eigenvalue weighted by Gasteiger charge is -2.31. The molecule has 1 unspecified atom stereocenters. The Morgan fingerprint density at radius 2 is 1.84 bits per heavy atom. The van der Waals surface area contributed by atoms with E-state index in [9.17, 15) is 0 Å². The number of pyridine rings is 1. The Bertz CT molecular complexity index is 674. The van der Waals surface area contributed by atoms with Crippen molar-refractivity contribution in [2.24, 2.45) is 0 Å². The van der Waals surface area contributed by atoms with Crippen LogP contribution in [0.3, 0.4) is 0 Å². The highest BCUT2D eigenvalue weighted by atomic mass is 16.5. The van der Waals surface area contributed by atoms with Gasteiger partial charge in [0, 0.05) is 50.8 Å². The normalized spacial score (nSPS) is 21.4. The Labute approximate surface area is 149 Å². The maximum atomic E-state index is 6.08. The van der Waals surface area contributed by atoms with Gasteiger partial charge >= 0.3 is 0 Å². The standard InChI is InChI=1S/C20H25N3O2/c1-2-4-20(23-11-13-24-14-12-23)17(3-1)15-22-10-7-19(16-22)25-18-5-8-21-9-6-18/h1-6,8-9,19H,7,10-16H2. The predicted molar refractivity (Wildman–Crippen MR) is 98.0 cm³/mol. The lowest BCUT2D eigenvalue weighted by atomic mass is 10.1. The van der Waals surface area contributed by atoms with E-state index in [0.717, 1.165) is 58.1 Å². The van der Waals surface area contributed by atoms with E-state index >= 15 is 0 Å². The summed E-state index contributed by atoms with van der Waals surface area (Å²) in [6, 6.07) is 12.6. The monoisotopic (exact) mass is 339 g/mol. The van der Waals surface area contributed by atoms with Crippen LogP contribution in [0.1, 0.15) is 12.0 Å². The minimum atomic E-state index is 0.262. The van der Waals surface area contributed by atoms with Gasteiger partial charge in [-0.15, -0.1) is 0 Å². The van der Waals surface area contributed by atoms with Crippen molar-refractivity contribution in [3.8, 4) is 5.75 Å². The van der Waals surface area contributed by atoms with Crippen LogP contribution >= 0.6 is 0 Å². The number of hydrogen-bond donors (Lipinski definition) is 0. The number of aromatic nitrogens is 1. The second-order valence-corrected chi connectivity index (χ2v) is 6.67. The zero-order chi connectivity index (χ0) is 16.9. The number of likely N-dealkylation sites (tertiary alicyclic amines) is 1. The molecule has 0 spiro atoms. The fourth-order valence-corrected chi connectivity index (χ4v) is 3.64. The maximum absolute atomic E-state index is 6.08. The van der Waals surface area contributed by atoms with Gasteiger partial charge in [-0.25, -0.2) is 0 Å². The molecule has 3 heterocycles. The topological polar surface area (TPSA) is 37.8 Å². The average Bonchev–Trinajstić information content (AvgIpc) is 3.10. The highest BCUT2D eigenvalue weighted by Gasteiger charge is 2.25. The molecule has 25 heavy (non-hydrogen) atoms. The molecule has 1 aromatic heterocycles. The van der Waals surface area contributed by atoms with Crippen molar-refractivity contribution in [3.05, 3.63) is 54.4 Å². The second kappa shape index (κ2) is 7.85. The molecular formula is C20H25N3O2. The van der Waals surface area contributed by atoms with E-state index in [1.54, 1.807) is 12.4 Å². The van der Waals surface area contributed by atoms with Crippen LogP contribution in [0.25, 0.3) is 0 Å². The first-order valence-electron chi connectivity index (χ1n) is 9.08. The molecule has 2 aromatic rings. The summed E-state index contributed by atoms with van der Waals surface area (Å²) in [6.07, 6.45) is 4.89. The molecule has 2 saturated heterocycles. The first-order valence-corrected chi connectivity index (χ1v) is 9.08. The lowest BCUT2D eigenvalue weighted by Crippen LogP contribution is -2.37. The van der Waals surface area contributed by atoms with Gasteiger partial charge in [0.2, 0.25) is 0 Å². The van der Waals surface area contributed by atoms with Crippen molar-refractivity contribution < 1.29 is 9.47 Å². The van der Waals surface area contributed by atoms with Gasteiger partial charge in [-0.2, -0.15) is 0 Å². The molecule has 0 bridgehead atoms. The third kappa shape index (κ3) is 4.11. The summed E-state index contributed by atoms with van der Waals surface area (Å²) < 4.78 is 11.6. The Morgan fingerprint density at radius 1 is 1.04 bits per heavy atom. The number of para-hydroxylation sites is 1. The Morgan fingerprint density at radius 3 is 2.68 bits per heavy atom. The fourth-order valence-electron chi connectivity index (χ4n) is 3.64. The van der Waals surface area contributed by atoms with E-state index in [4.69, 9.17) is 9.47 Å². The fraction of sp³-hybridized carbons (Fsp3) is 0.450. The van der Waals surface area contributed by atoms with Crippen LogP contribution in [-0.4, -0.2) is 55.4 Å². The Hall–Kier alpha value is -2.11. The van der Waals surface area contributed by atoms with Crippen LogP contribution in [0.15, 0.2) is 48.8 Å². The molecule has 1 atom stereocenters. The van der Waals surface area contributed by atoms with Crippen LogP contribution in [0.2, 0.25) is 0 Å².